The molecule has 6 heteroatoms. The Labute approximate surface area is 157 Å². The van der Waals surface area contributed by atoms with E-state index in [1.165, 1.54) is 11.3 Å². The van der Waals surface area contributed by atoms with E-state index in [1.54, 1.807) is 24.3 Å². The molecular weight excluding hydrogens is 408 g/mol. The first-order chi connectivity index (χ1) is 11.5. The van der Waals surface area contributed by atoms with Crippen LogP contribution >= 0.6 is 38.9 Å². The Morgan fingerprint density at radius 2 is 1.83 bits per heavy atom. The van der Waals surface area contributed by atoms with Crippen LogP contribution in [0.5, 0.6) is 0 Å². The quantitative estimate of drug-likeness (QED) is 0.558. The summed E-state index contributed by atoms with van der Waals surface area (Å²) in [6.07, 6.45) is 0. The molecule has 0 saturated heterocycles. The predicted molar refractivity (Wildman–Crippen MR) is 103 cm³/mol. The molecule has 24 heavy (non-hydrogen) atoms. The van der Waals surface area contributed by atoms with Crippen molar-refractivity contribution in [1.29, 1.82) is 0 Å². The summed E-state index contributed by atoms with van der Waals surface area (Å²) in [6.45, 7) is 2.03. The Kier molecular flexibility index (Phi) is 5.04. The van der Waals surface area contributed by atoms with E-state index in [-0.39, 0.29) is 5.91 Å². The summed E-state index contributed by atoms with van der Waals surface area (Å²) >= 11 is 11.0. The van der Waals surface area contributed by atoms with Crippen molar-refractivity contribution in [2.45, 2.75) is 6.92 Å². The van der Waals surface area contributed by atoms with E-state index in [0.717, 1.165) is 20.6 Å². The molecule has 122 valence electrons. The summed E-state index contributed by atoms with van der Waals surface area (Å²) in [4.78, 5) is 18.4. The molecule has 0 bridgehead atoms. The van der Waals surface area contributed by atoms with E-state index >= 15 is 0 Å². The lowest BCUT2D eigenvalue weighted by atomic mass is 10.1. The minimum Gasteiger partial charge on any atom is -0.319 e. The third-order valence-electron chi connectivity index (χ3n) is 3.62. The molecule has 0 unspecified atom stereocenters. The van der Waals surface area contributed by atoms with Gasteiger partial charge in [0.2, 0.25) is 0 Å². The molecule has 0 spiro atoms. The number of hydrogen-bond donors (Lipinski definition) is 0. The van der Waals surface area contributed by atoms with E-state index in [4.69, 9.17) is 11.6 Å². The average molecular weight is 422 g/mol. The highest BCUT2D eigenvalue weighted by Crippen LogP contribution is 2.26. The normalized spacial score (nSPS) is 11.8. The van der Waals surface area contributed by atoms with Crippen LogP contribution < -0.4 is 4.80 Å². The molecule has 2 aromatic carbocycles. The van der Waals surface area contributed by atoms with Crippen LogP contribution in [-0.4, -0.2) is 10.5 Å². The Balaban J connectivity index is 2.07. The van der Waals surface area contributed by atoms with Gasteiger partial charge in [0, 0.05) is 16.4 Å². The van der Waals surface area contributed by atoms with Crippen molar-refractivity contribution in [1.82, 2.24) is 4.57 Å². The highest BCUT2D eigenvalue weighted by molar-refractivity contribution is 9.10. The molecule has 0 saturated carbocycles. The fourth-order valence-corrected chi connectivity index (χ4v) is 3.93. The van der Waals surface area contributed by atoms with E-state index in [9.17, 15) is 4.79 Å². The van der Waals surface area contributed by atoms with Crippen molar-refractivity contribution in [3.8, 4) is 11.3 Å². The van der Waals surface area contributed by atoms with E-state index in [1.807, 2.05) is 42.8 Å². The summed E-state index contributed by atoms with van der Waals surface area (Å²) in [5.41, 5.74) is 2.55. The van der Waals surface area contributed by atoms with Gasteiger partial charge < -0.3 is 4.57 Å². The molecule has 0 aliphatic carbocycles. The van der Waals surface area contributed by atoms with Crippen LogP contribution in [0.25, 0.3) is 11.3 Å². The Morgan fingerprint density at radius 1 is 1.17 bits per heavy atom. The number of halogens is 2. The number of nitrogens with zero attached hydrogens (tertiary/aromatic N) is 2. The van der Waals surface area contributed by atoms with Crippen LogP contribution in [0.3, 0.4) is 0 Å². The fourth-order valence-electron chi connectivity index (χ4n) is 2.47. The second kappa shape index (κ2) is 7.05. The first-order valence-corrected chi connectivity index (χ1v) is 9.22. The van der Waals surface area contributed by atoms with Crippen molar-refractivity contribution in [2.75, 3.05) is 0 Å². The lowest BCUT2D eigenvalue weighted by Gasteiger charge is -2.05. The van der Waals surface area contributed by atoms with Gasteiger partial charge in [-0.3, -0.25) is 4.79 Å². The maximum atomic E-state index is 12.4. The van der Waals surface area contributed by atoms with Crippen LogP contribution in [-0.2, 0) is 7.05 Å². The van der Waals surface area contributed by atoms with Gasteiger partial charge in [0.15, 0.2) is 4.80 Å². The third-order valence-corrected chi connectivity index (χ3v) is 5.52. The van der Waals surface area contributed by atoms with E-state index < -0.39 is 0 Å². The Bertz CT molecular complexity index is 973. The number of benzene rings is 2. The van der Waals surface area contributed by atoms with Crippen molar-refractivity contribution in [3.05, 3.63) is 73.3 Å². The molecule has 3 rings (SSSR count). The average Bonchev–Trinajstić information content (AvgIpc) is 2.83. The molecule has 0 aliphatic rings. The predicted octanol–water partition coefficient (Wildman–Crippen LogP) is 5.22. The zero-order valence-electron chi connectivity index (χ0n) is 13.1. The molecule has 0 fully saturated rings. The molecule has 0 aliphatic heterocycles. The molecule has 3 aromatic rings. The van der Waals surface area contributed by atoms with Gasteiger partial charge >= 0.3 is 0 Å². The fraction of sp³-hybridized carbons (Fsp3) is 0.111. The lowest BCUT2D eigenvalue weighted by Crippen LogP contribution is -2.14. The van der Waals surface area contributed by atoms with Gasteiger partial charge in [-0.15, -0.1) is 11.3 Å². The second-order valence-electron chi connectivity index (χ2n) is 5.25. The summed E-state index contributed by atoms with van der Waals surface area (Å²) in [6, 6.07) is 15.0. The molecule has 0 N–H and O–H groups in total. The van der Waals surface area contributed by atoms with Gasteiger partial charge in [0.05, 0.1) is 16.3 Å². The number of hydrogen-bond acceptors (Lipinski definition) is 2. The molecule has 1 aromatic heterocycles. The molecule has 1 heterocycles. The highest BCUT2D eigenvalue weighted by atomic mass is 79.9. The van der Waals surface area contributed by atoms with Gasteiger partial charge in [-0.2, -0.15) is 4.99 Å². The number of amides is 1. The number of aromatic nitrogens is 1. The maximum absolute atomic E-state index is 12.4. The highest BCUT2D eigenvalue weighted by Gasteiger charge is 2.13. The largest absolute Gasteiger partial charge is 0.319 e. The van der Waals surface area contributed by atoms with Gasteiger partial charge in [0.1, 0.15) is 0 Å². The summed E-state index contributed by atoms with van der Waals surface area (Å²) in [5.74, 6) is -0.334. The van der Waals surface area contributed by atoms with Gasteiger partial charge in [-0.25, -0.2) is 0 Å². The lowest BCUT2D eigenvalue weighted by molar-refractivity contribution is 0.0998. The third kappa shape index (κ3) is 3.38. The topological polar surface area (TPSA) is 34.4 Å². The smallest absolute Gasteiger partial charge is 0.281 e. The van der Waals surface area contributed by atoms with Crippen LogP contribution in [0, 0.1) is 6.92 Å². The number of thiazole rings is 1. The first kappa shape index (κ1) is 17.1. The number of carbonyl (C=O) groups excluding carboxylic acids is 1. The standard InChI is InChI=1S/C18H14BrClN2OS/c1-11-16(12-7-9-13(19)10-8-12)22(2)18(24-11)21-17(23)14-5-3-4-6-15(14)20/h3-10H,1-2H3. The number of rotatable bonds is 2. The van der Waals surface area contributed by atoms with Gasteiger partial charge in [-0.05, 0) is 36.8 Å². The summed E-state index contributed by atoms with van der Waals surface area (Å²) < 4.78 is 2.97. The number of aryl methyl sites for hydroxylation is 1. The van der Waals surface area contributed by atoms with Gasteiger partial charge in [0.25, 0.3) is 5.91 Å². The van der Waals surface area contributed by atoms with Crippen LogP contribution in [0.4, 0.5) is 0 Å². The van der Waals surface area contributed by atoms with Crippen molar-refractivity contribution in [2.24, 2.45) is 12.0 Å². The summed E-state index contributed by atoms with van der Waals surface area (Å²) in [5, 5.41) is 0.412. The maximum Gasteiger partial charge on any atom is 0.281 e. The van der Waals surface area contributed by atoms with Crippen molar-refractivity contribution in [3.63, 3.8) is 0 Å². The minimum absolute atomic E-state index is 0.334. The molecule has 1 amide bonds. The second-order valence-corrected chi connectivity index (χ2v) is 7.76. The molecule has 3 nitrogen and oxygen atoms in total. The van der Waals surface area contributed by atoms with Crippen LogP contribution in [0.1, 0.15) is 15.2 Å². The minimum atomic E-state index is -0.334. The SMILES string of the molecule is Cc1sc(=NC(=O)c2ccccc2Cl)n(C)c1-c1ccc(Br)cc1. The van der Waals surface area contributed by atoms with Gasteiger partial charge in [-0.1, -0.05) is 51.8 Å². The molecule has 0 radical (unpaired) electrons. The zero-order chi connectivity index (χ0) is 17.3. The number of carbonyl (C=O) groups is 1. The van der Waals surface area contributed by atoms with Crippen LogP contribution in [0.2, 0.25) is 5.02 Å². The summed E-state index contributed by atoms with van der Waals surface area (Å²) in [7, 11) is 1.92. The van der Waals surface area contributed by atoms with Crippen molar-refractivity contribution >= 4 is 44.8 Å². The Hall–Kier alpha value is -1.69. The van der Waals surface area contributed by atoms with Crippen molar-refractivity contribution < 1.29 is 4.79 Å². The van der Waals surface area contributed by atoms with E-state index in [0.29, 0.717) is 15.4 Å². The molecular formula is C18H14BrClN2OS. The monoisotopic (exact) mass is 420 g/mol. The zero-order valence-corrected chi connectivity index (χ0v) is 16.2. The molecule has 0 atom stereocenters. The van der Waals surface area contributed by atoms with Crippen LogP contribution in [0.15, 0.2) is 58.0 Å². The van der Waals surface area contributed by atoms with E-state index in [2.05, 4.69) is 20.9 Å². The first-order valence-electron chi connectivity index (χ1n) is 7.23. The Morgan fingerprint density at radius 3 is 2.50 bits per heavy atom.